The van der Waals surface area contributed by atoms with Crippen LogP contribution in [0.5, 0.6) is 0 Å². The normalized spacial score (nSPS) is 27.1. The summed E-state index contributed by atoms with van der Waals surface area (Å²) in [4.78, 5) is 10.6. The van der Waals surface area contributed by atoms with Gasteiger partial charge in [0.05, 0.1) is 0 Å². The van der Waals surface area contributed by atoms with Crippen molar-refractivity contribution >= 4 is 5.97 Å². The molecule has 2 atom stereocenters. The molecule has 1 saturated carbocycles. The summed E-state index contributed by atoms with van der Waals surface area (Å²) in [6.07, 6.45) is 6.50. The molecule has 14 heavy (non-hydrogen) atoms. The topological polar surface area (TPSA) is 37.3 Å². The predicted octanol–water partition coefficient (Wildman–Crippen LogP) is 3.31. The van der Waals surface area contributed by atoms with Crippen molar-refractivity contribution in [1.82, 2.24) is 0 Å². The van der Waals surface area contributed by atoms with Crippen LogP contribution in [0, 0.1) is 17.8 Å². The second-order valence-corrected chi connectivity index (χ2v) is 5.02. The molecule has 0 aliphatic heterocycles. The molecule has 0 radical (unpaired) electrons. The van der Waals surface area contributed by atoms with Gasteiger partial charge >= 0.3 is 5.97 Å². The Balaban J connectivity index is 2.31. The van der Waals surface area contributed by atoms with Crippen molar-refractivity contribution in [2.24, 2.45) is 17.8 Å². The van der Waals surface area contributed by atoms with Crippen molar-refractivity contribution in [2.75, 3.05) is 0 Å². The molecule has 0 spiro atoms. The molecule has 0 saturated heterocycles. The molecule has 1 aliphatic rings. The van der Waals surface area contributed by atoms with E-state index in [9.17, 15) is 4.79 Å². The highest BCUT2D eigenvalue weighted by molar-refractivity contribution is 5.67. The van der Waals surface area contributed by atoms with E-state index < -0.39 is 5.97 Å². The molecule has 0 bridgehead atoms. The molecule has 82 valence electrons. The lowest BCUT2D eigenvalue weighted by Gasteiger charge is -2.18. The summed E-state index contributed by atoms with van der Waals surface area (Å²) in [7, 11) is 0. The van der Waals surface area contributed by atoms with Crippen LogP contribution in [0.4, 0.5) is 0 Å². The first-order valence-corrected chi connectivity index (χ1v) is 5.81. The Hall–Kier alpha value is -0.530. The number of aliphatic carboxylic acids is 1. The van der Waals surface area contributed by atoms with Gasteiger partial charge in [-0.3, -0.25) is 4.79 Å². The van der Waals surface area contributed by atoms with E-state index in [4.69, 9.17) is 5.11 Å². The Morgan fingerprint density at radius 1 is 1.36 bits per heavy atom. The fourth-order valence-corrected chi connectivity index (χ4v) is 2.53. The summed E-state index contributed by atoms with van der Waals surface area (Å²) in [5.41, 5.74) is 0. The lowest BCUT2D eigenvalue weighted by atomic mass is 9.87. The predicted molar refractivity (Wildman–Crippen MR) is 57.2 cm³/mol. The van der Waals surface area contributed by atoms with E-state index >= 15 is 0 Å². The van der Waals surface area contributed by atoms with Crippen LogP contribution >= 0.6 is 0 Å². The molecule has 2 heteroatoms. The molecule has 2 unspecified atom stereocenters. The number of carbonyl (C=O) groups is 1. The molecule has 0 amide bonds. The van der Waals surface area contributed by atoms with E-state index in [1.54, 1.807) is 0 Å². The van der Waals surface area contributed by atoms with Gasteiger partial charge in [-0.25, -0.2) is 0 Å². The molecule has 1 rings (SSSR count). The van der Waals surface area contributed by atoms with Crippen molar-refractivity contribution in [3.8, 4) is 0 Å². The summed E-state index contributed by atoms with van der Waals surface area (Å²) >= 11 is 0. The molecule has 1 fully saturated rings. The summed E-state index contributed by atoms with van der Waals surface area (Å²) < 4.78 is 0. The molecule has 0 aromatic rings. The van der Waals surface area contributed by atoms with Crippen LogP contribution in [0.15, 0.2) is 0 Å². The standard InChI is InChI=1S/C12H22O2/c1-9(2)6-7-10-4-3-5-11(10)8-12(13)14/h9-11H,3-8H2,1-2H3,(H,13,14). The molecule has 0 aromatic heterocycles. The van der Waals surface area contributed by atoms with Crippen LogP contribution < -0.4 is 0 Å². The number of carboxylic acid groups (broad SMARTS) is 1. The minimum absolute atomic E-state index is 0.392. The van der Waals surface area contributed by atoms with Crippen molar-refractivity contribution in [3.05, 3.63) is 0 Å². The number of carboxylic acids is 1. The van der Waals surface area contributed by atoms with Gasteiger partial charge in [0.2, 0.25) is 0 Å². The number of hydrogen-bond donors (Lipinski definition) is 1. The molecule has 0 aromatic carbocycles. The Bertz CT molecular complexity index is 187. The van der Waals surface area contributed by atoms with Gasteiger partial charge in [-0.15, -0.1) is 0 Å². The lowest BCUT2D eigenvalue weighted by molar-refractivity contribution is -0.138. The SMILES string of the molecule is CC(C)CCC1CCCC1CC(=O)O. The fraction of sp³-hybridized carbons (Fsp3) is 0.917. The number of rotatable bonds is 5. The third-order valence-electron chi connectivity index (χ3n) is 3.37. The zero-order valence-electron chi connectivity index (χ0n) is 9.33. The van der Waals surface area contributed by atoms with E-state index in [1.807, 2.05) is 0 Å². The first-order chi connectivity index (χ1) is 6.59. The van der Waals surface area contributed by atoms with Gasteiger partial charge in [0.1, 0.15) is 0 Å². The lowest BCUT2D eigenvalue weighted by Crippen LogP contribution is -2.13. The van der Waals surface area contributed by atoms with E-state index in [0.717, 1.165) is 12.3 Å². The summed E-state index contributed by atoms with van der Waals surface area (Å²) in [5, 5.41) is 8.77. The van der Waals surface area contributed by atoms with Gasteiger partial charge < -0.3 is 5.11 Å². The maximum Gasteiger partial charge on any atom is 0.303 e. The largest absolute Gasteiger partial charge is 0.481 e. The van der Waals surface area contributed by atoms with Gasteiger partial charge in [-0.05, 0) is 30.6 Å². The number of hydrogen-bond acceptors (Lipinski definition) is 1. The van der Waals surface area contributed by atoms with Crippen molar-refractivity contribution in [1.29, 1.82) is 0 Å². The monoisotopic (exact) mass is 198 g/mol. The van der Waals surface area contributed by atoms with Crippen LogP contribution in [-0.2, 0) is 4.79 Å². The van der Waals surface area contributed by atoms with Crippen molar-refractivity contribution in [3.63, 3.8) is 0 Å². The highest BCUT2D eigenvalue weighted by Gasteiger charge is 2.28. The fourth-order valence-electron chi connectivity index (χ4n) is 2.53. The molecular weight excluding hydrogens is 176 g/mol. The summed E-state index contributed by atoms with van der Waals surface area (Å²) in [5.74, 6) is 1.28. The van der Waals surface area contributed by atoms with Gasteiger partial charge in [-0.2, -0.15) is 0 Å². The molecule has 1 aliphatic carbocycles. The third kappa shape index (κ3) is 3.69. The van der Waals surface area contributed by atoms with E-state index in [0.29, 0.717) is 18.3 Å². The van der Waals surface area contributed by atoms with Gasteiger partial charge in [0, 0.05) is 6.42 Å². The van der Waals surface area contributed by atoms with Gasteiger partial charge in [0.25, 0.3) is 0 Å². The molecule has 0 heterocycles. The van der Waals surface area contributed by atoms with Crippen LogP contribution in [0.25, 0.3) is 0 Å². The second kappa shape index (κ2) is 5.38. The first-order valence-electron chi connectivity index (χ1n) is 5.81. The summed E-state index contributed by atoms with van der Waals surface area (Å²) in [6.45, 7) is 4.47. The van der Waals surface area contributed by atoms with Gasteiger partial charge in [0.15, 0.2) is 0 Å². The van der Waals surface area contributed by atoms with Crippen molar-refractivity contribution in [2.45, 2.75) is 52.4 Å². The van der Waals surface area contributed by atoms with Crippen LogP contribution in [0.3, 0.4) is 0 Å². The average Bonchev–Trinajstić information content (AvgIpc) is 2.47. The second-order valence-electron chi connectivity index (χ2n) is 5.02. The van der Waals surface area contributed by atoms with Gasteiger partial charge in [-0.1, -0.05) is 33.1 Å². The van der Waals surface area contributed by atoms with Crippen LogP contribution in [0.2, 0.25) is 0 Å². The van der Waals surface area contributed by atoms with Crippen LogP contribution in [-0.4, -0.2) is 11.1 Å². The maximum atomic E-state index is 10.6. The smallest absolute Gasteiger partial charge is 0.303 e. The Kier molecular flexibility index (Phi) is 4.43. The highest BCUT2D eigenvalue weighted by atomic mass is 16.4. The Morgan fingerprint density at radius 3 is 2.57 bits per heavy atom. The minimum atomic E-state index is -0.619. The first kappa shape index (κ1) is 11.5. The van der Waals surface area contributed by atoms with Crippen LogP contribution in [0.1, 0.15) is 52.4 Å². The van der Waals surface area contributed by atoms with E-state index in [1.165, 1.54) is 25.7 Å². The highest BCUT2D eigenvalue weighted by Crippen LogP contribution is 2.37. The van der Waals surface area contributed by atoms with E-state index in [2.05, 4.69) is 13.8 Å². The average molecular weight is 198 g/mol. The minimum Gasteiger partial charge on any atom is -0.481 e. The Morgan fingerprint density at radius 2 is 2.00 bits per heavy atom. The zero-order valence-corrected chi connectivity index (χ0v) is 9.33. The third-order valence-corrected chi connectivity index (χ3v) is 3.37. The molecule has 1 N–H and O–H groups in total. The molecule has 2 nitrogen and oxygen atoms in total. The summed E-state index contributed by atoms with van der Waals surface area (Å²) in [6, 6.07) is 0. The zero-order chi connectivity index (χ0) is 10.6. The quantitative estimate of drug-likeness (QED) is 0.735. The van der Waals surface area contributed by atoms with Crippen molar-refractivity contribution < 1.29 is 9.90 Å². The molecular formula is C12H22O2. The van der Waals surface area contributed by atoms with E-state index in [-0.39, 0.29) is 0 Å². The maximum absolute atomic E-state index is 10.6. The Labute approximate surface area is 86.7 Å².